The fourth-order valence-electron chi connectivity index (χ4n) is 2.11. The minimum absolute atomic E-state index is 0.304. The molecular formula is C17H20ClNOS. The molecule has 1 unspecified atom stereocenters. The number of hydrogen-bond donors (Lipinski definition) is 1. The highest BCUT2D eigenvalue weighted by Crippen LogP contribution is 2.38. The summed E-state index contributed by atoms with van der Waals surface area (Å²) in [4.78, 5) is 2.10. The zero-order valence-corrected chi connectivity index (χ0v) is 14.1. The van der Waals surface area contributed by atoms with Crippen LogP contribution in [0.5, 0.6) is 5.75 Å². The van der Waals surface area contributed by atoms with Gasteiger partial charge in [-0.3, -0.25) is 0 Å². The Morgan fingerprint density at radius 2 is 1.95 bits per heavy atom. The van der Waals surface area contributed by atoms with Gasteiger partial charge in [-0.05, 0) is 43.3 Å². The van der Waals surface area contributed by atoms with Crippen molar-refractivity contribution >= 4 is 23.4 Å². The normalized spacial score (nSPS) is 12.2. The van der Waals surface area contributed by atoms with E-state index in [9.17, 15) is 0 Å². The Kier molecular flexibility index (Phi) is 5.97. The second-order valence-electron chi connectivity index (χ2n) is 4.72. The quantitative estimate of drug-likeness (QED) is 0.793. The fraction of sp³-hybridized carbons (Fsp3) is 0.294. The maximum Gasteiger partial charge on any atom is 0.132 e. The second-order valence-corrected chi connectivity index (χ2v) is 6.21. The maximum absolute atomic E-state index is 6.43. The summed E-state index contributed by atoms with van der Waals surface area (Å²) in [6, 6.07) is 14.5. The van der Waals surface area contributed by atoms with Gasteiger partial charge >= 0.3 is 0 Å². The van der Waals surface area contributed by atoms with Crippen LogP contribution >= 0.6 is 23.4 Å². The summed E-state index contributed by atoms with van der Waals surface area (Å²) < 4.78 is 5.38. The molecular weight excluding hydrogens is 302 g/mol. The standard InChI is InChI=1S/C17H20ClNOS/c1-4-19-12(2)13-9-10-16(14(18)11-13)21-17-8-6-5-7-15(17)20-3/h5-12,19H,4H2,1-3H3. The molecule has 0 aliphatic heterocycles. The highest BCUT2D eigenvalue weighted by atomic mass is 35.5. The molecule has 0 aromatic heterocycles. The van der Waals surface area contributed by atoms with E-state index in [0.29, 0.717) is 6.04 Å². The van der Waals surface area contributed by atoms with Gasteiger partial charge in [-0.1, -0.05) is 48.5 Å². The molecule has 2 aromatic carbocycles. The lowest BCUT2D eigenvalue weighted by Gasteiger charge is -2.15. The maximum atomic E-state index is 6.43. The summed E-state index contributed by atoms with van der Waals surface area (Å²) in [6.45, 7) is 5.18. The van der Waals surface area contributed by atoms with Gasteiger partial charge in [0.15, 0.2) is 0 Å². The van der Waals surface area contributed by atoms with E-state index >= 15 is 0 Å². The molecule has 2 aromatic rings. The third-order valence-electron chi connectivity index (χ3n) is 3.26. The van der Waals surface area contributed by atoms with Crippen molar-refractivity contribution in [1.82, 2.24) is 5.32 Å². The first-order chi connectivity index (χ1) is 10.2. The number of halogens is 1. The average molecular weight is 322 g/mol. The molecule has 0 spiro atoms. The van der Waals surface area contributed by atoms with E-state index in [0.717, 1.165) is 27.1 Å². The molecule has 0 fully saturated rings. The van der Waals surface area contributed by atoms with Crippen LogP contribution < -0.4 is 10.1 Å². The summed E-state index contributed by atoms with van der Waals surface area (Å²) >= 11 is 8.05. The van der Waals surface area contributed by atoms with Gasteiger partial charge in [0.2, 0.25) is 0 Å². The van der Waals surface area contributed by atoms with Crippen molar-refractivity contribution in [3.05, 3.63) is 53.1 Å². The monoisotopic (exact) mass is 321 g/mol. The second kappa shape index (κ2) is 7.74. The molecule has 0 saturated heterocycles. The van der Waals surface area contributed by atoms with Crippen LogP contribution in [0.3, 0.4) is 0 Å². The molecule has 2 rings (SSSR count). The Balaban J connectivity index is 2.21. The molecule has 1 atom stereocenters. The summed E-state index contributed by atoms with van der Waals surface area (Å²) in [5, 5.41) is 4.16. The molecule has 0 aliphatic rings. The number of ether oxygens (including phenoxy) is 1. The van der Waals surface area contributed by atoms with Gasteiger partial charge in [0.25, 0.3) is 0 Å². The zero-order valence-electron chi connectivity index (χ0n) is 12.5. The van der Waals surface area contributed by atoms with Crippen LogP contribution in [-0.4, -0.2) is 13.7 Å². The van der Waals surface area contributed by atoms with E-state index in [4.69, 9.17) is 16.3 Å². The average Bonchev–Trinajstić information content (AvgIpc) is 2.50. The van der Waals surface area contributed by atoms with Gasteiger partial charge in [0.05, 0.1) is 17.0 Å². The van der Waals surface area contributed by atoms with Crippen LogP contribution in [0.4, 0.5) is 0 Å². The van der Waals surface area contributed by atoms with Gasteiger partial charge in [-0.15, -0.1) is 0 Å². The first kappa shape index (κ1) is 16.2. The lowest BCUT2D eigenvalue weighted by molar-refractivity contribution is 0.405. The van der Waals surface area contributed by atoms with Crippen LogP contribution in [0.1, 0.15) is 25.5 Å². The minimum Gasteiger partial charge on any atom is -0.496 e. The summed E-state index contributed by atoms with van der Waals surface area (Å²) in [7, 11) is 1.68. The Morgan fingerprint density at radius 1 is 1.19 bits per heavy atom. The zero-order chi connectivity index (χ0) is 15.2. The van der Waals surface area contributed by atoms with Crippen molar-refractivity contribution in [2.24, 2.45) is 0 Å². The van der Waals surface area contributed by atoms with Crippen LogP contribution in [0.25, 0.3) is 0 Å². The summed E-state index contributed by atoms with van der Waals surface area (Å²) in [5.74, 6) is 0.865. The van der Waals surface area contributed by atoms with Crippen molar-refractivity contribution in [2.75, 3.05) is 13.7 Å². The van der Waals surface area contributed by atoms with E-state index in [2.05, 4.69) is 31.3 Å². The van der Waals surface area contributed by atoms with Crippen LogP contribution in [0.15, 0.2) is 52.3 Å². The largest absolute Gasteiger partial charge is 0.496 e. The number of methoxy groups -OCH3 is 1. The summed E-state index contributed by atoms with van der Waals surface area (Å²) in [6.07, 6.45) is 0. The minimum atomic E-state index is 0.304. The molecule has 0 aliphatic carbocycles. The molecule has 1 N–H and O–H groups in total. The third-order valence-corrected chi connectivity index (χ3v) is 4.81. The number of rotatable bonds is 6. The van der Waals surface area contributed by atoms with Crippen LogP contribution in [0.2, 0.25) is 5.02 Å². The number of hydrogen-bond acceptors (Lipinski definition) is 3. The van der Waals surface area contributed by atoms with Crippen LogP contribution in [-0.2, 0) is 0 Å². The van der Waals surface area contributed by atoms with Gasteiger partial charge < -0.3 is 10.1 Å². The molecule has 0 bridgehead atoms. The van der Waals surface area contributed by atoms with Crippen LogP contribution in [0, 0.1) is 0 Å². The first-order valence-corrected chi connectivity index (χ1v) is 8.18. The lowest BCUT2D eigenvalue weighted by Crippen LogP contribution is -2.17. The van der Waals surface area contributed by atoms with Gasteiger partial charge in [0, 0.05) is 10.9 Å². The number of para-hydroxylation sites is 1. The third kappa shape index (κ3) is 4.16. The predicted molar refractivity (Wildman–Crippen MR) is 90.7 cm³/mol. The molecule has 21 heavy (non-hydrogen) atoms. The molecule has 4 heteroatoms. The van der Waals surface area contributed by atoms with Crippen molar-refractivity contribution in [1.29, 1.82) is 0 Å². The molecule has 0 radical (unpaired) electrons. The Morgan fingerprint density at radius 3 is 2.62 bits per heavy atom. The van der Waals surface area contributed by atoms with E-state index in [1.165, 1.54) is 5.56 Å². The molecule has 0 saturated carbocycles. The Labute approximate surface area is 135 Å². The topological polar surface area (TPSA) is 21.3 Å². The predicted octanol–water partition coefficient (Wildman–Crippen LogP) is 5.17. The fourth-order valence-corrected chi connectivity index (χ4v) is 3.35. The van der Waals surface area contributed by atoms with Crippen molar-refractivity contribution in [3.63, 3.8) is 0 Å². The van der Waals surface area contributed by atoms with Crippen molar-refractivity contribution in [2.45, 2.75) is 29.7 Å². The molecule has 0 amide bonds. The molecule has 112 valence electrons. The van der Waals surface area contributed by atoms with Crippen molar-refractivity contribution in [3.8, 4) is 5.75 Å². The van der Waals surface area contributed by atoms with Gasteiger partial charge in [0.1, 0.15) is 5.75 Å². The van der Waals surface area contributed by atoms with E-state index in [-0.39, 0.29) is 0 Å². The highest BCUT2D eigenvalue weighted by Gasteiger charge is 2.10. The van der Waals surface area contributed by atoms with Gasteiger partial charge in [-0.2, -0.15) is 0 Å². The number of benzene rings is 2. The molecule has 2 nitrogen and oxygen atoms in total. The highest BCUT2D eigenvalue weighted by molar-refractivity contribution is 7.99. The van der Waals surface area contributed by atoms with Gasteiger partial charge in [-0.25, -0.2) is 0 Å². The Hall–Kier alpha value is -1.16. The molecule has 0 heterocycles. The van der Waals surface area contributed by atoms with E-state index < -0.39 is 0 Å². The Bertz CT molecular complexity index is 603. The first-order valence-electron chi connectivity index (χ1n) is 6.99. The smallest absolute Gasteiger partial charge is 0.132 e. The van der Waals surface area contributed by atoms with E-state index in [1.807, 2.05) is 30.3 Å². The van der Waals surface area contributed by atoms with E-state index in [1.54, 1.807) is 18.9 Å². The number of nitrogens with one attached hydrogen (secondary N) is 1. The SMILES string of the molecule is CCNC(C)c1ccc(Sc2ccccc2OC)c(Cl)c1. The van der Waals surface area contributed by atoms with Crippen molar-refractivity contribution < 1.29 is 4.74 Å². The summed E-state index contributed by atoms with van der Waals surface area (Å²) in [5.41, 5.74) is 1.20. The lowest BCUT2D eigenvalue weighted by atomic mass is 10.1.